The smallest absolute Gasteiger partial charge is 0.308 e. The van der Waals surface area contributed by atoms with Gasteiger partial charge in [-0.1, -0.05) is 35.5 Å². The van der Waals surface area contributed by atoms with Crippen LogP contribution in [-0.2, 0) is 4.79 Å². The molecule has 0 amide bonds. The quantitative estimate of drug-likeness (QED) is 0.188. The second-order valence-electron chi connectivity index (χ2n) is 7.82. The van der Waals surface area contributed by atoms with Crippen molar-refractivity contribution < 1.29 is 23.2 Å². The highest BCUT2D eigenvalue weighted by Gasteiger charge is 2.26. The van der Waals surface area contributed by atoms with E-state index < -0.39 is 11.8 Å². The number of fused-ring (bicyclic) bond motifs is 1. The third kappa shape index (κ3) is 3.77. The first-order valence-corrected chi connectivity index (χ1v) is 10.6. The van der Waals surface area contributed by atoms with E-state index >= 15 is 0 Å². The highest BCUT2D eigenvalue weighted by Crippen LogP contribution is 2.33. The van der Waals surface area contributed by atoms with Crippen molar-refractivity contribution in [3.63, 3.8) is 0 Å². The molecule has 0 aliphatic heterocycles. The fourth-order valence-corrected chi connectivity index (χ4v) is 4.03. The number of aryl methyl sites for hydroxylation is 1. The molecule has 0 N–H and O–H groups in total. The average Bonchev–Trinajstić information content (AvgIpc) is 3.39. The number of benzene rings is 3. The van der Waals surface area contributed by atoms with Crippen molar-refractivity contribution in [3.8, 4) is 22.7 Å². The molecule has 0 aliphatic rings. The van der Waals surface area contributed by atoms with Crippen LogP contribution in [0.15, 0.2) is 83.5 Å². The molecule has 0 spiro atoms. The maximum Gasteiger partial charge on any atom is 0.308 e. The van der Waals surface area contributed by atoms with Gasteiger partial charge >= 0.3 is 5.97 Å². The summed E-state index contributed by atoms with van der Waals surface area (Å²) >= 11 is 0. The molecule has 0 saturated carbocycles. The Morgan fingerprint density at radius 2 is 1.79 bits per heavy atom. The Balaban J connectivity index is 1.70. The lowest BCUT2D eigenvalue weighted by atomic mass is 9.98. The number of carbonyl (C=O) groups is 2. The third-order valence-corrected chi connectivity index (χ3v) is 5.51. The molecule has 5 rings (SSSR count). The Morgan fingerprint density at radius 1 is 1.00 bits per heavy atom. The van der Waals surface area contributed by atoms with Crippen LogP contribution < -0.4 is 4.74 Å². The van der Waals surface area contributed by atoms with Gasteiger partial charge in [0.1, 0.15) is 23.0 Å². The van der Waals surface area contributed by atoms with Crippen LogP contribution in [0.25, 0.3) is 27.8 Å². The van der Waals surface area contributed by atoms with Crippen molar-refractivity contribution in [1.82, 2.24) is 9.72 Å². The summed E-state index contributed by atoms with van der Waals surface area (Å²) < 4.78 is 26.3. The summed E-state index contributed by atoms with van der Waals surface area (Å²) in [5.41, 5.74) is 2.93. The van der Waals surface area contributed by atoms with Gasteiger partial charge in [0.15, 0.2) is 0 Å². The van der Waals surface area contributed by atoms with Gasteiger partial charge in [0.05, 0.1) is 11.1 Å². The van der Waals surface area contributed by atoms with Crippen molar-refractivity contribution >= 4 is 22.7 Å². The molecular formula is C27H19FN2O4. The van der Waals surface area contributed by atoms with Gasteiger partial charge < -0.3 is 13.8 Å². The number of rotatable bonds is 5. The first-order chi connectivity index (χ1) is 16.4. The predicted octanol–water partition coefficient (Wildman–Crippen LogP) is 5.89. The summed E-state index contributed by atoms with van der Waals surface area (Å²) in [6, 6.07) is 20.5. The SMILES string of the molecule is CC(=O)Oc1ccc2c(C(=O)c3c(-c4cccc(F)c4)noc3C)cn(-c3ccccc3)c2c1. The van der Waals surface area contributed by atoms with Gasteiger partial charge in [-0.15, -0.1) is 0 Å². The van der Waals surface area contributed by atoms with Crippen molar-refractivity contribution in [3.05, 3.63) is 102 Å². The Labute approximate surface area is 194 Å². The summed E-state index contributed by atoms with van der Waals surface area (Å²) in [5.74, 6) is -0.473. The predicted molar refractivity (Wildman–Crippen MR) is 125 cm³/mol. The van der Waals surface area contributed by atoms with Crippen LogP contribution in [-0.4, -0.2) is 21.5 Å². The largest absolute Gasteiger partial charge is 0.427 e. The Morgan fingerprint density at radius 3 is 2.53 bits per heavy atom. The minimum Gasteiger partial charge on any atom is -0.427 e. The van der Waals surface area contributed by atoms with Crippen LogP contribution in [0.5, 0.6) is 5.75 Å². The van der Waals surface area contributed by atoms with Gasteiger partial charge in [-0.3, -0.25) is 9.59 Å². The Kier molecular flexibility index (Phi) is 5.30. The van der Waals surface area contributed by atoms with Gasteiger partial charge in [-0.25, -0.2) is 4.39 Å². The summed E-state index contributed by atoms with van der Waals surface area (Å²) in [4.78, 5) is 25.3. The van der Waals surface area contributed by atoms with Crippen LogP contribution >= 0.6 is 0 Å². The highest BCUT2D eigenvalue weighted by atomic mass is 19.1. The van der Waals surface area contributed by atoms with Gasteiger partial charge in [-0.2, -0.15) is 0 Å². The molecule has 0 bridgehead atoms. The topological polar surface area (TPSA) is 74.3 Å². The number of para-hydroxylation sites is 1. The molecule has 0 aliphatic carbocycles. The van der Waals surface area contributed by atoms with Crippen LogP contribution in [0, 0.1) is 12.7 Å². The molecule has 0 fully saturated rings. The lowest BCUT2D eigenvalue weighted by Gasteiger charge is -2.06. The number of ketones is 1. The maximum absolute atomic E-state index is 13.9. The van der Waals surface area contributed by atoms with Crippen LogP contribution in [0.1, 0.15) is 28.6 Å². The number of hydrogen-bond acceptors (Lipinski definition) is 5. The van der Waals surface area contributed by atoms with Crippen LogP contribution in [0.3, 0.4) is 0 Å². The summed E-state index contributed by atoms with van der Waals surface area (Å²) in [6.45, 7) is 2.98. The highest BCUT2D eigenvalue weighted by molar-refractivity contribution is 6.19. The molecule has 34 heavy (non-hydrogen) atoms. The number of hydrogen-bond donors (Lipinski definition) is 0. The summed E-state index contributed by atoms with van der Waals surface area (Å²) in [6.07, 6.45) is 1.74. The number of aromatic nitrogens is 2. The first-order valence-electron chi connectivity index (χ1n) is 10.6. The van der Waals surface area contributed by atoms with E-state index in [0.29, 0.717) is 33.5 Å². The van der Waals surface area contributed by atoms with E-state index in [4.69, 9.17) is 9.26 Å². The molecule has 0 atom stereocenters. The minimum absolute atomic E-state index is 0.266. The maximum atomic E-state index is 13.9. The molecule has 2 aromatic heterocycles. The summed E-state index contributed by atoms with van der Waals surface area (Å²) in [5, 5.41) is 4.70. The summed E-state index contributed by atoms with van der Waals surface area (Å²) in [7, 11) is 0. The molecule has 6 nitrogen and oxygen atoms in total. The zero-order valence-electron chi connectivity index (χ0n) is 18.4. The molecule has 0 radical (unpaired) electrons. The lowest BCUT2D eigenvalue weighted by Crippen LogP contribution is -2.04. The van der Waals surface area contributed by atoms with E-state index in [9.17, 15) is 14.0 Å². The molecule has 5 aromatic rings. The number of ether oxygens (including phenoxy) is 1. The number of halogens is 1. The molecule has 168 valence electrons. The van der Waals surface area contributed by atoms with Gasteiger partial charge in [0.2, 0.25) is 5.78 Å². The van der Waals surface area contributed by atoms with E-state index in [1.807, 2.05) is 34.9 Å². The molecule has 2 heterocycles. The van der Waals surface area contributed by atoms with E-state index in [0.717, 1.165) is 5.69 Å². The third-order valence-electron chi connectivity index (χ3n) is 5.51. The molecule has 0 saturated heterocycles. The molecule has 3 aromatic carbocycles. The van der Waals surface area contributed by atoms with Crippen molar-refractivity contribution in [2.45, 2.75) is 13.8 Å². The minimum atomic E-state index is -0.437. The number of esters is 1. The fourth-order valence-electron chi connectivity index (χ4n) is 4.03. The van der Waals surface area contributed by atoms with Crippen LogP contribution in [0.2, 0.25) is 0 Å². The second kappa shape index (κ2) is 8.44. The first kappa shape index (κ1) is 21.3. The van der Waals surface area contributed by atoms with Crippen molar-refractivity contribution in [2.24, 2.45) is 0 Å². The van der Waals surface area contributed by atoms with Gasteiger partial charge in [-0.05, 0) is 43.3 Å². The lowest BCUT2D eigenvalue weighted by molar-refractivity contribution is -0.131. The molecule has 7 heteroatoms. The van der Waals surface area contributed by atoms with Crippen molar-refractivity contribution in [2.75, 3.05) is 0 Å². The zero-order chi connectivity index (χ0) is 23.8. The van der Waals surface area contributed by atoms with E-state index in [2.05, 4.69) is 5.16 Å². The van der Waals surface area contributed by atoms with Gasteiger partial charge in [0.25, 0.3) is 0 Å². The fraction of sp³-hybridized carbons (Fsp3) is 0.0741. The van der Waals surface area contributed by atoms with E-state index in [1.165, 1.54) is 19.1 Å². The van der Waals surface area contributed by atoms with E-state index in [1.54, 1.807) is 43.5 Å². The zero-order valence-corrected chi connectivity index (χ0v) is 18.4. The standard InChI is InChI=1S/C27H19FN2O4/c1-16-25(26(29-34-16)18-7-6-8-19(28)13-18)27(32)23-15-30(20-9-4-3-5-10-20)24-14-21(33-17(2)31)11-12-22(23)24/h3-15H,1-2H3. The normalized spacial score (nSPS) is 11.0. The monoisotopic (exact) mass is 454 g/mol. The Hall–Kier alpha value is -4.52. The number of carbonyl (C=O) groups excluding carboxylic acids is 2. The molecular weight excluding hydrogens is 435 g/mol. The van der Waals surface area contributed by atoms with E-state index in [-0.39, 0.29) is 17.0 Å². The second-order valence-corrected chi connectivity index (χ2v) is 7.82. The average molecular weight is 454 g/mol. The van der Waals surface area contributed by atoms with Gasteiger partial charge in [0, 0.05) is 41.4 Å². The van der Waals surface area contributed by atoms with Crippen molar-refractivity contribution in [1.29, 1.82) is 0 Å². The Bertz CT molecular complexity index is 1550. The number of nitrogens with zero attached hydrogens (tertiary/aromatic N) is 2. The van der Waals surface area contributed by atoms with Crippen LogP contribution in [0.4, 0.5) is 4.39 Å². The molecule has 0 unspecified atom stereocenters.